The number of esters is 1. The zero-order valence-corrected chi connectivity index (χ0v) is 16.4. The van der Waals surface area contributed by atoms with E-state index in [4.69, 9.17) is 19.8 Å². The smallest absolute Gasteiger partial charge is 0.457 e. The van der Waals surface area contributed by atoms with E-state index in [1.54, 1.807) is 6.92 Å². The second-order valence-electron chi connectivity index (χ2n) is 7.62. The van der Waals surface area contributed by atoms with Gasteiger partial charge in [-0.15, -0.1) is 0 Å². The lowest BCUT2D eigenvalue weighted by Gasteiger charge is -2.32. The van der Waals surface area contributed by atoms with Crippen LogP contribution in [0.4, 0.5) is 0 Å². The van der Waals surface area contributed by atoms with E-state index in [9.17, 15) is 9.59 Å². The molecular weight excluding hydrogens is 323 g/mol. The van der Waals surface area contributed by atoms with Gasteiger partial charge < -0.3 is 25.1 Å². The number of carbonyl (C=O) groups is 2. The third kappa shape index (κ3) is 5.43. The van der Waals surface area contributed by atoms with E-state index in [-0.39, 0.29) is 37.4 Å². The molecule has 0 bridgehead atoms. The number of unbranched alkanes of at least 4 members (excludes halogenated alkanes) is 1. The Hall–Kier alpha value is -1.12. The van der Waals surface area contributed by atoms with E-state index >= 15 is 0 Å². The lowest BCUT2D eigenvalue weighted by Crippen LogP contribution is -2.59. The van der Waals surface area contributed by atoms with Gasteiger partial charge in [-0.3, -0.25) is 4.79 Å². The van der Waals surface area contributed by atoms with Crippen molar-refractivity contribution in [1.82, 2.24) is 5.32 Å². The van der Waals surface area contributed by atoms with Crippen molar-refractivity contribution in [3.63, 3.8) is 0 Å². The van der Waals surface area contributed by atoms with Gasteiger partial charge >= 0.3 is 13.1 Å². The van der Waals surface area contributed by atoms with Crippen LogP contribution in [0.2, 0.25) is 6.32 Å². The minimum Gasteiger partial charge on any atom is -0.464 e. The predicted molar refractivity (Wildman–Crippen MR) is 97.0 cm³/mol. The summed E-state index contributed by atoms with van der Waals surface area (Å²) >= 11 is 0. The summed E-state index contributed by atoms with van der Waals surface area (Å²) in [5.74, 6) is -0.784. The van der Waals surface area contributed by atoms with Gasteiger partial charge in [-0.1, -0.05) is 12.8 Å². The molecule has 25 heavy (non-hydrogen) atoms. The van der Waals surface area contributed by atoms with Crippen LogP contribution in [0, 0.1) is 0 Å². The van der Waals surface area contributed by atoms with Crippen LogP contribution in [-0.4, -0.2) is 48.9 Å². The first-order valence-corrected chi connectivity index (χ1v) is 9.01. The minimum atomic E-state index is -1.17. The maximum absolute atomic E-state index is 12.3. The van der Waals surface area contributed by atoms with E-state index in [1.807, 2.05) is 27.7 Å². The molecule has 3 N–H and O–H groups in total. The van der Waals surface area contributed by atoms with Crippen LogP contribution in [0.1, 0.15) is 60.8 Å². The quantitative estimate of drug-likeness (QED) is 0.370. The monoisotopic (exact) mass is 356 g/mol. The lowest BCUT2D eigenvalue weighted by atomic mass is 9.80. The number of nitrogens with one attached hydrogen (secondary N) is 1. The minimum absolute atomic E-state index is 0.00189. The zero-order valence-electron chi connectivity index (χ0n) is 16.4. The normalized spacial score (nSPS) is 20.8. The first kappa shape index (κ1) is 21.9. The molecule has 1 aliphatic rings. The van der Waals surface area contributed by atoms with Crippen molar-refractivity contribution < 1.29 is 23.6 Å². The fourth-order valence-electron chi connectivity index (χ4n) is 2.88. The molecule has 1 saturated heterocycles. The Kier molecular flexibility index (Phi) is 7.47. The molecule has 1 unspecified atom stereocenters. The van der Waals surface area contributed by atoms with Crippen LogP contribution < -0.4 is 11.1 Å². The van der Waals surface area contributed by atoms with E-state index in [0.717, 1.165) is 12.7 Å². The molecule has 1 rings (SSSR count). The van der Waals surface area contributed by atoms with Crippen LogP contribution in [0.25, 0.3) is 0 Å². The first-order chi connectivity index (χ1) is 11.5. The topological polar surface area (TPSA) is 99.9 Å². The summed E-state index contributed by atoms with van der Waals surface area (Å²) in [4.78, 5) is 23.8. The molecule has 0 spiro atoms. The van der Waals surface area contributed by atoms with Crippen molar-refractivity contribution in [2.75, 3.05) is 13.2 Å². The molecule has 7 nitrogen and oxygen atoms in total. The molecule has 0 saturated carbocycles. The summed E-state index contributed by atoms with van der Waals surface area (Å²) in [5, 5.41) is 2.68. The van der Waals surface area contributed by atoms with E-state index < -0.39 is 11.5 Å². The van der Waals surface area contributed by atoms with Gasteiger partial charge in [-0.05, 0) is 47.4 Å². The Labute approximate surface area is 151 Å². The highest BCUT2D eigenvalue weighted by molar-refractivity contribution is 6.45. The third-order valence-electron chi connectivity index (χ3n) is 5.03. The Morgan fingerprint density at radius 3 is 2.16 bits per heavy atom. The van der Waals surface area contributed by atoms with Gasteiger partial charge in [0, 0.05) is 13.5 Å². The summed E-state index contributed by atoms with van der Waals surface area (Å²) in [6.07, 6.45) is 2.62. The van der Waals surface area contributed by atoms with E-state index in [2.05, 4.69) is 5.32 Å². The molecule has 0 aromatic rings. The Bertz CT molecular complexity index is 468. The van der Waals surface area contributed by atoms with Crippen molar-refractivity contribution in [1.29, 1.82) is 0 Å². The molecule has 1 aliphatic heterocycles. The summed E-state index contributed by atoms with van der Waals surface area (Å²) in [6, 6.07) is 0. The SMILES string of the molecule is CCOC(=O)C(CN)(CCCCB1OC(C)(C)C(C)(C)O1)NC(C)=O. The summed E-state index contributed by atoms with van der Waals surface area (Å²) in [5.41, 5.74) is 3.93. The maximum atomic E-state index is 12.3. The largest absolute Gasteiger partial charge is 0.464 e. The Morgan fingerprint density at radius 2 is 1.72 bits per heavy atom. The molecular formula is C17H33BN2O5. The number of hydrogen-bond acceptors (Lipinski definition) is 6. The average molecular weight is 356 g/mol. The fraction of sp³-hybridized carbons (Fsp3) is 0.882. The van der Waals surface area contributed by atoms with Gasteiger partial charge in [0.25, 0.3) is 0 Å². The first-order valence-electron chi connectivity index (χ1n) is 9.01. The van der Waals surface area contributed by atoms with Crippen LogP contribution in [0.15, 0.2) is 0 Å². The Morgan fingerprint density at radius 1 is 1.16 bits per heavy atom. The number of carbonyl (C=O) groups excluding carboxylic acids is 2. The van der Waals surface area contributed by atoms with Gasteiger partial charge in [0.15, 0.2) is 0 Å². The van der Waals surface area contributed by atoms with Crippen LogP contribution >= 0.6 is 0 Å². The number of ether oxygens (including phenoxy) is 1. The summed E-state index contributed by atoms with van der Waals surface area (Å²) < 4.78 is 17.0. The maximum Gasteiger partial charge on any atom is 0.457 e. The van der Waals surface area contributed by atoms with Crippen molar-refractivity contribution >= 4 is 19.0 Å². The van der Waals surface area contributed by atoms with Gasteiger partial charge in [-0.2, -0.15) is 0 Å². The summed E-state index contributed by atoms with van der Waals surface area (Å²) in [7, 11) is -0.263. The predicted octanol–water partition coefficient (Wildman–Crippen LogP) is 1.65. The fourth-order valence-corrected chi connectivity index (χ4v) is 2.88. The molecule has 0 aromatic heterocycles. The second-order valence-corrected chi connectivity index (χ2v) is 7.62. The molecule has 1 heterocycles. The van der Waals surface area contributed by atoms with Crippen molar-refractivity contribution in [3.05, 3.63) is 0 Å². The van der Waals surface area contributed by atoms with Gasteiger partial charge in [-0.25, -0.2) is 4.79 Å². The molecule has 1 atom stereocenters. The molecule has 144 valence electrons. The van der Waals surface area contributed by atoms with Crippen molar-refractivity contribution in [2.24, 2.45) is 5.73 Å². The average Bonchev–Trinajstić information content (AvgIpc) is 2.69. The number of hydrogen-bond donors (Lipinski definition) is 2. The summed E-state index contributed by atoms with van der Waals surface area (Å²) in [6.45, 7) is 11.4. The number of nitrogens with two attached hydrogens (primary N) is 1. The van der Waals surface area contributed by atoms with Gasteiger partial charge in [0.1, 0.15) is 5.54 Å². The third-order valence-corrected chi connectivity index (χ3v) is 5.03. The Balaban J connectivity index is 2.58. The lowest BCUT2D eigenvalue weighted by molar-refractivity contribution is -0.153. The molecule has 1 fully saturated rings. The second kappa shape index (κ2) is 8.51. The highest BCUT2D eigenvalue weighted by Crippen LogP contribution is 2.38. The highest BCUT2D eigenvalue weighted by atomic mass is 16.7. The molecule has 0 radical (unpaired) electrons. The van der Waals surface area contributed by atoms with E-state index in [1.165, 1.54) is 6.92 Å². The molecule has 0 aromatic carbocycles. The van der Waals surface area contributed by atoms with Crippen molar-refractivity contribution in [3.8, 4) is 0 Å². The molecule has 0 aliphatic carbocycles. The van der Waals surface area contributed by atoms with Gasteiger partial charge in [0.2, 0.25) is 5.91 Å². The van der Waals surface area contributed by atoms with Crippen molar-refractivity contribution in [2.45, 2.75) is 83.9 Å². The highest BCUT2D eigenvalue weighted by Gasteiger charge is 2.50. The number of rotatable bonds is 9. The van der Waals surface area contributed by atoms with Crippen LogP contribution in [-0.2, 0) is 23.6 Å². The van der Waals surface area contributed by atoms with E-state index in [0.29, 0.717) is 12.8 Å². The standard InChI is InChI=1S/C17H33BN2O5/c1-7-23-14(22)17(12-19,20-13(2)21)10-8-9-11-18-24-15(3,4)16(5,6)25-18/h7-12,19H2,1-6H3,(H,20,21). The molecule has 8 heteroatoms. The van der Waals surface area contributed by atoms with Crippen LogP contribution in [0.3, 0.4) is 0 Å². The van der Waals surface area contributed by atoms with Crippen LogP contribution in [0.5, 0.6) is 0 Å². The van der Waals surface area contributed by atoms with Gasteiger partial charge in [0.05, 0.1) is 17.8 Å². The zero-order chi connectivity index (χ0) is 19.3. The molecule has 1 amide bonds. The number of amides is 1.